The highest BCUT2D eigenvalue weighted by Crippen LogP contribution is 2.34. The number of nitriles is 1. The number of nitrogens with zero attached hydrogens (tertiary/aromatic N) is 6. The first-order chi connectivity index (χ1) is 11.7. The zero-order chi connectivity index (χ0) is 16.7. The lowest BCUT2D eigenvalue weighted by atomic mass is 10.0. The molecule has 0 amide bonds. The minimum absolute atomic E-state index is 0.421. The maximum Gasteiger partial charge on any atom is 0.165 e. The fourth-order valence-corrected chi connectivity index (χ4v) is 2.70. The van der Waals surface area contributed by atoms with E-state index < -0.39 is 0 Å². The van der Waals surface area contributed by atoms with Gasteiger partial charge in [-0.05, 0) is 18.2 Å². The third-order valence-electron chi connectivity index (χ3n) is 3.77. The van der Waals surface area contributed by atoms with Gasteiger partial charge in [0.2, 0.25) is 0 Å². The van der Waals surface area contributed by atoms with E-state index in [1.807, 2.05) is 31.4 Å². The molecule has 0 saturated carbocycles. The fraction of sp³-hybridized carbons (Fsp3) is 0.0588. The topological polar surface area (TPSA) is 97.8 Å². The van der Waals surface area contributed by atoms with Crippen LogP contribution in [0.5, 0.6) is 0 Å². The predicted molar refractivity (Wildman–Crippen MR) is 89.8 cm³/mol. The van der Waals surface area contributed by atoms with Gasteiger partial charge >= 0.3 is 0 Å². The molecule has 3 aromatic heterocycles. The monoisotopic (exact) mass is 315 g/mol. The Morgan fingerprint density at radius 2 is 2.08 bits per heavy atom. The standard InChI is InChI=1S/C17H13N7/c1-23-10-13(9-20-23)15-16(12-4-2-3-11(7-12)8-18)22-24-6-5-14(19)21-17(15)24/h2-7,9-10H,1H3,(H2,19,21). The van der Waals surface area contributed by atoms with Crippen LogP contribution >= 0.6 is 0 Å². The Bertz CT molecular complexity index is 1100. The Balaban J connectivity index is 2.06. The van der Waals surface area contributed by atoms with Gasteiger partial charge in [0.1, 0.15) is 11.5 Å². The van der Waals surface area contributed by atoms with Crippen molar-refractivity contribution in [2.24, 2.45) is 7.05 Å². The lowest BCUT2D eigenvalue weighted by Gasteiger charge is -2.01. The molecule has 3 heterocycles. The summed E-state index contributed by atoms with van der Waals surface area (Å²) in [4.78, 5) is 4.43. The van der Waals surface area contributed by atoms with E-state index >= 15 is 0 Å². The molecule has 0 spiro atoms. The number of nitrogens with two attached hydrogens (primary N) is 1. The summed E-state index contributed by atoms with van der Waals surface area (Å²) in [5.74, 6) is 0.421. The van der Waals surface area contributed by atoms with Crippen molar-refractivity contribution in [2.75, 3.05) is 5.73 Å². The van der Waals surface area contributed by atoms with E-state index in [0.29, 0.717) is 17.0 Å². The van der Waals surface area contributed by atoms with Crippen LogP contribution in [0.3, 0.4) is 0 Å². The van der Waals surface area contributed by atoms with Crippen LogP contribution in [0.2, 0.25) is 0 Å². The molecule has 4 rings (SSSR count). The molecular weight excluding hydrogens is 302 g/mol. The third-order valence-corrected chi connectivity index (χ3v) is 3.77. The Hall–Kier alpha value is -3.66. The van der Waals surface area contributed by atoms with E-state index in [2.05, 4.69) is 21.3 Å². The lowest BCUT2D eigenvalue weighted by Crippen LogP contribution is -1.95. The van der Waals surface area contributed by atoms with Crippen LogP contribution in [-0.4, -0.2) is 24.4 Å². The summed E-state index contributed by atoms with van der Waals surface area (Å²) in [7, 11) is 1.85. The van der Waals surface area contributed by atoms with Crippen molar-refractivity contribution in [2.45, 2.75) is 0 Å². The van der Waals surface area contributed by atoms with Crippen LogP contribution in [0.4, 0.5) is 5.82 Å². The van der Waals surface area contributed by atoms with Gasteiger partial charge in [-0.1, -0.05) is 12.1 Å². The third kappa shape index (κ3) is 2.18. The number of aromatic nitrogens is 5. The molecule has 4 aromatic rings. The zero-order valence-electron chi connectivity index (χ0n) is 12.9. The number of anilines is 1. The molecule has 7 nitrogen and oxygen atoms in total. The van der Waals surface area contributed by atoms with Crippen molar-refractivity contribution in [3.63, 3.8) is 0 Å². The predicted octanol–water partition coefficient (Wildman–Crippen LogP) is 2.25. The van der Waals surface area contributed by atoms with Crippen molar-refractivity contribution in [3.05, 3.63) is 54.5 Å². The van der Waals surface area contributed by atoms with Gasteiger partial charge in [-0.2, -0.15) is 15.5 Å². The number of nitrogen functional groups attached to an aromatic ring is 1. The summed E-state index contributed by atoms with van der Waals surface area (Å²) in [6.07, 6.45) is 5.44. The highest BCUT2D eigenvalue weighted by molar-refractivity contribution is 5.90. The molecular formula is C17H13N7. The fourth-order valence-electron chi connectivity index (χ4n) is 2.70. The molecule has 0 atom stereocenters. The van der Waals surface area contributed by atoms with Crippen molar-refractivity contribution >= 4 is 11.5 Å². The number of hydrogen-bond acceptors (Lipinski definition) is 5. The Labute approximate surface area is 137 Å². The van der Waals surface area contributed by atoms with Gasteiger partial charge in [0.15, 0.2) is 5.65 Å². The van der Waals surface area contributed by atoms with Gasteiger partial charge in [0, 0.05) is 30.6 Å². The first-order valence-corrected chi connectivity index (χ1v) is 7.30. The normalized spacial score (nSPS) is 10.8. The highest BCUT2D eigenvalue weighted by Gasteiger charge is 2.19. The van der Waals surface area contributed by atoms with Gasteiger partial charge in [-0.15, -0.1) is 0 Å². The maximum atomic E-state index is 9.16. The van der Waals surface area contributed by atoms with Gasteiger partial charge in [-0.25, -0.2) is 9.50 Å². The molecule has 0 bridgehead atoms. The Morgan fingerprint density at radius 3 is 2.83 bits per heavy atom. The molecule has 0 saturated heterocycles. The molecule has 7 heteroatoms. The summed E-state index contributed by atoms with van der Waals surface area (Å²) in [5.41, 5.74) is 10.4. The van der Waals surface area contributed by atoms with Crippen molar-refractivity contribution in [1.82, 2.24) is 24.4 Å². The minimum atomic E-state index is 0.421. The number of aryl methyl sites for hydroxylation is 1. The second-order valence-electron chi connectivity index (χ2n) is 5.44. The molecule has 1 aromatic carbocycles. The van der Waals surface area contributed by atoms with Crippen LogP contribution < -0.4 is 5.73 Å². The smallest absolute Gasteiger partial charge is 0.165 e. The van der Waals surface area contributed by atoms with E-state index in [9.17, 15) is 0 Å². The molecule has 116 valence electrons. The van der Waals surface area contributed by atoms with E-state index in [-0.39, 0.29) is 0 Å². The highest BCUT2D eigenvalue weighted by atomic mass is 15.3. The zero-order valence-corrected chi connectivity index (χ0v) is 12.9. The molecule has 0 radical (unpaired) electrons. The number of hydrogen-bond donors (Lipinski definition) is 1. The molecule has 0 fully saturated rings. The first kappa shape index (κ1) is 14.0. The van der Waals surface area contributed by atoms with E-state index in [4.69, 9.17) is 11.0 Å². The molecule has 0 aliphatic carbocycles. The van der Waals surface area contributed by atoms with E-state index in [1.54, 1.807) is 33.7 Å². The summed E-state index contributed by atoms with van der Waals surface area (Å²) >= 11 is 0. The molecule has 2 N–H and O–H groups in total. The van der Waals surface area contributed by atoms with Crippen LogP contribution in [0.25, 0.3) is 28.0 Å². The van der Waals surface area contributed by atoms with Gasteiger partial charge in [-0.3, -0.25) is 4.68 Å². The minimum Gasteiger partial charge on any atom is -0.384 e. The largest absolute Gasteiger partial charge is 0.384 e. The first-order valence-electron chi connectivity index (χ1n) is 7.30. The SMILES string of the molecule is Cn1cc(-c2c(-c3cccc(C#N)c3)nn3ccc(N)nc23)cn1. The summed E-state index contributed by atoms with van der Waals surface area (Å²) in [6, 6.07) is 11.2. The van der Waals surface area contributed by atoms with Crippen molar-refractivity contribution in [3.8, 4) is 28.5 Å². The van der Waals surface area contributed by atoms with Gasteiger partial charge in [0.25, 0.3) is 0 Å². The molecule has 0 aliphatic rings. The average Bonchev–Trinajstić information content (AvgIpc) is 3.17. The Morgan fingerprint density at radius 1 is 1.21 bits per heavy atom. The number of fused-ring (bicyclic) bond motifs is 1. The van der Waals surface area contributed by atoms with Gasteiger partial charge in [0.05, 0.1) is 23.4 Å². The van der Waals surface area contributed by atoms with Crippen molar-refractivity contribution < 1.29 is 0 Å². The van der Waals surface area contributed by atoms with E-state index in [1.165, 1.54) is 0 Å². The quantitative estimate of drug-likeness (QED) is 0.612. The summed E-state index contributed by atoms with van der Waals surface area (Å²) < 4.78 is 3.41. The lowest BCUT2D eigenvalue weighted by molar-refractivity contribution is 0.768. The summed E-state index contributed by atoms with van der Waals surface area (Å²) in [6.45, 7) is 0. The second-order valence-corrected chi connectivity index (χ2v) is 5.44. The summed E-state index contributed by atoms with van der Waals surface area (Å²) in [5, 5.41) is 18.0. The molecule has 24 heavy (non-hydrogen) atoms. The average molecular weight is 315 g/mol. The van der Waals surface area contributed by atoms with Crippen LogP contribution in [0.1, 0.15) is 5.56 Å². The number of benzene rings is 1. The maximum absolute atomic E-state index is 9.16. The van der Waals surface area contributed by atoms with Crippen LogP contribution in [0.15, 0.2) is 48.9 Å². The van der Waals surface area contributed by atoms with Crippen LogP contribution in [-0.2, 0) is 7.05 Å². The Kier molecular flexibility index (Phi) is 3.03. The van der Waals surface area contributed by atoms with Gasteiger partial charge < -0.3 is 5.73 Å². The van der Waals surface area contributed by atoms with Crippen LogP contribution in [0, 0.1) is 11.3 Å². The van der Waals surface area contributed by atoms with E-state index in [0.717, 1.165) is 22.4 Å². The van der Waals surface area contributed by atoms with Crippen molar-refractivity contribution in [1.29, 1.82) is 5.26 Å². The number of rotatable bonds is 2. The second kappa shape index (κ2) is 5.21. The molecule has 0 unspecified atom stereocenters. The molecule has 0 aliphatic heterocycles.